The minimum absolute atomic E-state index is 0.373. The number of nitrogens with zero attached hydrogens (tertiary/aromatic N) is 2. The van der Waals surface area contributed by atoms with Gasteiger partial charge >= 0.3 is 0 Å². The molecule has 0 atom stereocenters. The van der Waals surface area contributed by atoms with Crippen molar-refractivity contribution in [3.8, 4) is 5.88 Å². The molecule has 1 aromatic heterocycles. The van der Waals surface area contributed by atoms with Crippen molar-refractivity contribution in [1.29, 1.82) is 0 Å². The zero-order valence-electron chi connectivity index (χ0n) is 10.5. The lowest BCUT2D eigenvalue weighted by molar-refractivity contribution is 0.180. The highest BCUT2D eigenvalue weighted by atomic mass is 32.1. The zero-order chi connectivity index (χ0) is 12.8. The summed E-state index contributed by atoms with van der Waals surface area (Å²) in [5.41, 5.74) is 6.37. The van der Waals surface area contributed by atoms with E-state index in [9.17, 15) is 0 Å². The van der Waals surface area contributed by atoms with Crippen LogP contribution in [-0.4, -0.2) is 41.1 Å². The van der Waals surface area contributed by atoms with Gasteiger partial charge in [0.1, 0.15) is 11.6 Å². The van der Waals surface area contributed by atoms with Crippen molar-refractivity contribution in [2.45, 2.75) is 19.3 Å². The molecule has 1 aliphatic heterocycles. The van der Waals surface area contributed by atoms with E-state index in [1.165, 1.54) is 32.4 Å². The molecule has 1 fully saturated rings. The van der Waals surface area contributed by atoms with Gasteiger partial charge in [-0.1, -0.05) is 18.6 Å². The van der Waals surface area contributed by atoms with Crippen LogP contribution in [0.25, 0.3) is 0 Å². The van der Waals surface area contributed by atoms with Crippen molar-refractivity contribution >= 4 is 17.2 Å². The Kier molecular flexibility index (Phi) is 4.90. The fourth-order valence-corrected chi connectivity index (χ4v) is 2.23. The van der Waals surface area contributed by atoms with E-state index in [0.717, 1.165) is 12.1 Å². The van der Waals surface area contributed by atoms with E-state index in [-0.39, 0.29) is 0 Å². The average molecular weight is 265 g/mol. The van der Waals surface area contributed by atoms with Gasteiger partial charge in [0.2, 0.25) is 5.88 Å². The number of rotatable bonds is 5. The first-order valence-electron chi connectivity index (χ1n) is 6.37. The van der Waals surface area contributed by atoms with Crippen LogP contribution >= 0.6 is 12.2 Å². The molecular formula is C13H19N3OS. The molecule has 2 heterocycles. The summed E-state index contributed by atoms with van der Waals surface area (Å²) in [7, 11) is 0. The lowest BCUT2D eigenvalue weighted by Gasteiger charge is -2.26. The number of aromatic nitrogens is 1. The molecule has 0 aliphatic carbocycles. The number of piperidine rings is 1. The SMILES string of the molecule is NC(=S)c1ccnc(OCCN2CCCCC2)c1. The van der Waals surface area contributed by atoms with Gasteiger partial charge in [-0.05, 0) is 32.0 Å². The summed E-state index contributed by atoms with van der Waals surface area (Å²) in [5, 5.41) is 0. The van der Waals surface area contributed by atoms with Crippen LogP contribution in [-0.2, 0) is 0 Å². The van der Waals surface area contributed by atoms with Crippen molar-refractivity contribution in [1.82, 2.24) is 9.88 Å². The summed E-state index contributed by atoms with van der Waals surface area (Å²) in [5.74, 6) is 0.595. The summed E-state index contributed by atoms with van der Waals surface area (Å²) in [6, 6.07) is 3.58. The summed E-state index contributed by atoms with van der Waals surface area (Å²) >= 11 is 4.92. The van der Waals surface area contributed by atoms with E-state index in [2.05, 4.69) is 9.88 Å². The Morgan fingerprint density at radius 2 is 2.17 bits per heavy atom. The molecule has 4 nitrogen and oxygen atoms in total. The fourth-order valence-electron chi connectivity index (χ4n) is 2.10. The molecule has 2 N–H and O–H groups in total. The van der Waals surface area contributed by atoms with E-state index in [1.54, 1.807) is 18.3 Å². The van der Waals surface area contributed by atoms with E-state index in [0.29, 0.717) is 17.5 Å². The van der Waals surface area contributed by atoms with E-state index >= 15 is 0 Å². The molecule has 1 aliphatic rings. The third-order valence-corrected chi connectivity index (χ3v) is 3.36. The predicted molar refractivity (Wildman–Crippen MR) is 75.9 cm³/mol. The number of pyridine rings is 1. The Morgan fingerprint density at radius 1 is 1.39 bits per heavy atom. The minimum Gasteiger partial charge on any atom is -0.476 e. The molecule has 18 heavy (non-hydrogen) atoms. The average Bonchev–Trinajstić information content (AvgIpc) is 2.40. The largest absolute Gasteiger partial charge is 0.476 e. The third-order valence-electron chi connectivity index (χ3n) is 3.13. The molecule has 1 aromatic rings. The van der Waals surface area contributed by atoms with Crippen LogP contribution in [0.3, 0.4) is 0 Å². The smallest absolute Gasteiger partial charge is 0.213 e. The molecule has 0 bridgehead atoms. The normalized spacial score (nSPS) is 16.4. The quantitative estimate of drug-likeness (QED) is 0.819. The van der Waals surface area contributed by atoms with Gasteiger partial charge in [0.25, 0.3) is 0 Å². The maximum Gasteiger partial charge on any atom is 0.213 e. The molecule has 1 saturated heterocycles. The first-order valence-corrected chi connectivity index (χ1v) is 6.77. The van der Waals surface area contributed by atoms with Crippen LogP contribution < -0.4 is 10.5 Å². The van der Waals surface area contributed by atoms with Crippen molar-refractivity contribution in [3.63, 3.8) is 0 Å². The third kappa shape index (κ3) is 3.92. The van der Waals surface area contributed by atoms with Gasteiger partial charge in [-0.3, -0.25) is 4.90 Å². The Bertz CT molecular complexity index is 405. The molecule has 2 rings (SSSR count). The number of ether oxygens (including phenoxy) is 1. The first-order chi connectivity index (χ1) is 8.75. The topological polar surface area (TPSA) is 51.4 Å². The maximum absolute atomic E-state index is 5.63. The summed E-state index contributed by atoms with van der Waals surface area (Å²) < 4.78 is 5.63. The molecule has 5 heteroatoms. The van der Waals surface area contributed by atoms with Crippen LogP contribution in [0.15, 0.2) is 18.3 Å². The monoisotopic (exact) mass is 265 g/mol. The molecule has 0 spiro atoms. The molecule has 0 saturated carbocycles. The van der Waals surface area contributed by atoms with Crippen LogP contribution in [0.1, 0.15) is 24.8 Å². The lowest BCUT2D eigenvalue weighted by Crippen LogP contribution is -2.33. The van der Waals surface area contributed by atoms with E-state index in [4.69, 9.17) is 22.7 Å². The van der Waals surface area contributed by atoms with Crippen LogP contribution in [0.4, 0.5) is 0 Å². The van der Waals surface area contributed by atoms with Crippen molar-refractivity contribution in [2.24, 2.45) is 5.73 Å². The summed E-state index contributed by atoms with van der Waals surface area (Å²) in [6.07, 6.45) is 5.63. The Morgan fingerprint density at radius 3 is 2.89 bits per heavy atom. The van der Waals surface area contributed by atoms with E-state index < -0.39 is 0 Å². The molecule has 0 aromatic carbocycles. The van der Waals surface area contributed by atoms with Gasteiger partial charge in [-0.15, -0.1) is 0 Å². The lowest BCUT2D eigenvalue weighted by atomic mass is 10.1. The molecule has 0 radical (unpaired) electrons. The van der Waals surface area contributed by atoms with Gasteiger partial charge < -0.3 is 10.5 Å². The maximum atomic E-state index is 5.63. The molecule has 98 valence electrons. The number of nitrogens with two attached hydrogens (primary N) is 1. The van der Waals surface area contributed by atoms with Gasteiger partial charge in [-0.2, -0.15) is 0 Å². The molecule has 0 unspecified atom stereocenters. The van der Waals surface area contributed by atoms with E-state index in [1.807, 2.05) is 0 Å². The van der Waals surface area contributed by atoms with Crippen LogP contribution in [0, 0.1) is 0 Å². The van der Waals surface area contributed by atoms with Gasteiger partial charge in [-0.25, -0.2) is 4.98 Å². The molecular weight excluding hydrogens is 246 g/mol. The standard InChI is InChI=1S/C13H19N3OS/c14-13(18)11-4-5-15-12(10-11)17-9-8-16-6-2-1-3-7-16/h4-5,10H,1-3,6-9H2,(H2,14,18). The Balaban J connectivity index is 1.78. The number of hydrogen-bond donors (Lipinski definition) is 1. The number of thiocarbonyl (C=S) groups is 1. The van der Waals surface area contributed by atoms with Crippen LogP contribution in [0.5, 0.6) is 5.88 Å². The predicted octanol–water partition coefficient (Wildman–Crippen LogP) is 1.58. The highest BCUT2D eigenvalue weighted by molar-refractivity contribution is 7.80. The van der Waals surface area contributed by atoms with Crippen molar-refractivity contribution < 1.29 is 4.74 Å². The van der Waals surface area contributed by atoms with Crippen LogP contribution in [0.2, 0.25) is 0 Å². The number of hydrogen-bond acceptors (Lipinski definition) is 4. The number of likely N-dealkylation sites (tertiary alicyclic amines) is 1. The van der Waals surface area contributed by atoms with Gasteiger partial charge in [0.15, 0.2) is 0 Å². The van der Waals surface area contributed by atoms with Crippen molar-refractivity contribution in [3.05, 3.63) is 23.9 Å². The summed E-state index contributed by atoms with van der Waals surface area (Å²) in [4.78, 5) is 6.95. The highest BCUT2D eigenvalue weighted by Gasteiger charge is 2.09. The fraction of sp³-hybridized carbons (Fsp3) is 0.538. The highest BCUT2D eigenvalue weighted by Crippen LogP contribution is 2.11. The second-order valence-corrected chi connectivity index (χ2v) is 4.94. The first kappa shape index (κ1) is 13.2. The van der Waals surface area contributed by atoms with Gasteiger partial charge in [0, 0.05) is 24.4 Å². The second kappa shape index (κ2) is 6.66. The minimum atomic E-state index is 0.373. The zero-order valence-corrected chi connectivity index (χ0v) is 11.3. The van der Waals surface area contributed by atoms with Gasteiger partial charge in [0.05, 0.1) is 0 Å². The summed E-state index contributed by atoms with van der Waals surface area (Å²) in [6.45, 7) is 3.99. The van der Waals surface area contributed by atoms with Crippen molar-refractivity contribution in [2.75, 3.05) is 26.2 Å². The Hall–Kier alpha value is -1.20. The second-order valence-electron chi connectivity index (χ2n) is 4.50. The Labute approximate surface area is 113 Å². The molecule has 0 amide bonds.